The highest BCUT2D eigenvalue weighted by molar-refractivity contribution is 7.26. The molecule has 8 aromatic carbocycles. The maximum atomic E-state index is 11.7. The van der Waals surface area contributed by atoms with Crippen molar-refractivity contribution in [2.24, 2.45) is 0 Å². The SMILES string of the molecule is Oc1c(O)c(O)c2c(c1O)c1c(O)c(O)c(O)c(O)c1n2-c1ccc2sc3cc(-c4nc(-c5ccccc5)nc(-c5ccccc5)n4)ccc3c2c1-n1c2ccccc2c2ccccc21. The van der Waals surface area contributed by atoms with Crippen molar-refractivity contribution in [2.75, 3.05) is 0 Å². The van der Waals surface area contributed by atoms with Crippen LogP contribution in [-0.2, 0) is 0 Å². The summed E-state index contributed by atoms with van der Waals surface area (Å²) in [5.41, 5.74) is 3.99. The molecule has 314 valence electrons. The summed E-state index contributed by atoms with van der Waals surface area (Å²) < 4.78 is 5.00. The summed E-state index contributed by atoms with van der Waals surface area (Å²) in [5, 5.41) is 92.4. The van der Waals surface area contributed by atoms with Gasteiger partial charge in [-0.2, -0.15) is 0 Å². The first kappa shape index (κ1) is 37.7. The van der Waals surface area contributed by atoms with E-state index in [-0.39, 0.29) is 16.7 Å². The summed E-state index contributed by atoms with van der Waals surface area (Å²) >= 11 is 1.51. The van der Waals surface area contributed by atoms with Gasteiger partial charge in [0, 0.05) is 47.6 Å². The highest BCUT2D eigenvalue weighted by Crippen LogP contribution is 2.60. The molecule has 13 nitrogen and oxygen atoms in total. The summed E-state index contributed by atoms with van der Waals surface area (Å²) in [6.07, 6.45) is 0. The second-order valence-corrected chi connectivity index (χ2v) is 16.7. The molecule has 12 aromatic rings. The predicted octanol–water partition coefficient (Wildman–Crippen LogP) is 11.1. The van der Waals surface area contributed by atoms with Gasteiger partial charge in [-0.05, 0) is 30.3 Å². The molecule has 65 heavy (non-hydrogen) atoms. The van der Waals surface area contributed by atoms with Crippen LogP contribution < -0.4 is 0 Å². The van der Waals surface area contributed by atoms with Gasteiger partial charge >= 0.3 is 0 Å². The minimum Gasteiger partial charge on any atom is -0.504 e. The van der Waals surface area contributed by atoms with Crippen molar-refractivity contribution in [2.45, 2.75) is 0 Å². The second kappa shape index (κ2) is 13.7. The fourth-order valence-corrected chi connectivity index (χ4v) is 10.3. The molecule has 4 aromatic heterocycles. The number of phenols is 8. The molecule has 0 bridgehead atoms. The molecule has 8 N–H and O–H groups in total. The monoisotopic (exact) mass is 873 g/mol. The van der Waals surface area contributed by atoms with Crippen molar-refractivity contribution in [1.29, 1.82) is 0 Å². The smallest absolute Gasteiger partial charge is 0.206 e. The first-order valence-corrected chi connectivity index (χ1v) is 21.1. The molecule has 0 aliphatic rings. The Labute approximate surface area is 369 Å². The van der Waals surface area contributed by atoms with Gasteiger partial charge in [0.2, 0.25) is 23.0 Å². The zero-order valence-corrected chi connectivity index (χ0v) is 34.3. The normalized spacial score (nSPS) is 11.9. The lowest BCUT2D eigenvalue weighted by Crippen LogP contribution is -2.04. The number of nitrogens with zero attached hydrogens (tertiary/aromatic N) is 5. The van der Waals surface area contributed by atoms with Crippen LogP contribution in [0.4, 0.5) is 0 Å². The van der Waals surface area contributed by atoms with Crippen LogP contribution in [0.2, 0.25) is 0 Å². The van der Waals surface area contributed by atoms with Crippen molar-refractivity contribution in [1.82, 2.24) is 24.1 Å². The standard InChI is InChI=1S/C51H31N5O8S/c57-41-36-37-40(44(60)48(64)46(62)42(37)58)56(39(36)43(59)47(63)45(41)61)32-21-22-33-35(38(32)55-30-17-9-7-15-27(30)28-16-8-10-18-31(28)55)29-20-19-26(23-34(29)65-33)51-53-49(24-11-3-1-4-12-24)52-50(54-51)25-13-5-2-6-14-25/h1-23,57-64H. The first-order chi connectivity index (χ1) is 31.6. The van der Waals surface area contributed by atoms with Crippen LogP contribution in [0.5, 0.6) is 46.0 Å². The zero-order valence-electron chi connectivity index (χ0n) is 33.5. The molecule has 0 aliphatic carbocycles. The molecule has 0 saturated heterocycles. The Kier molecular flexibility index (Phi) is 7.98. The summed E-state index contributed by atoms with van der Waals surface area (Å²) in [6.45, 7) is 0. The number of aromatic nitrogens is 5. The first-order valence-electron chi connectivity index (χ1n) is 20.3. The average Bonchev–Trinajstić information content (AvgIpc) is 4.02. The molecule has 12 rings (SSSR count). The molecule has 4 heterocycles. The summed E-state index contributed by atoms with van der Waals surface area (Å²) in [5.74, 6) is -6.65. The molecule has 0 saturated carbocycles. The summed E-state index contributed by atoms with van der Waals surface area (Å²) in [7, 11) is 0. The fraction of sp³-hybridized carbons (Fsp3) is 0. The Morgan fingerprint density at radius 1 is 0.354 bits per heavy atom. The van der Waals surface area contributed by atoms with E-state index in [1.54, 1.807) is 6.07 Å². The van der Waals surface area contributed by atoms with E-state index in [1.807, 2.05) is 138 Å². The molecule has 0 unspecified atom stereocenters. The summed E-state index contributed by atoms with van der Waals surface area (Å²) in [6, 6.07) is 44.5. The van der Waals surface area contributed by atoms with E-state index >= 15 is 0 Å². The Morgan fingerprint density at radius 3 is 1.34 bits per heavy atom. The van der Waals surface area contributed by atoms with Gasteiger partial charge in [-0.3, -0.25) is 4.57 Å². The van der Waals surface area contributed by atoms with E-state index in [0.29, 0.717) is 23.2 Å². The van der Waals surface area contributed by atoms with E-state index in [9.17, 15) is 40.9 Å². The number of rotatable bonds is 5. The van der Waals surface area contributed by atoms with Crippen molar-refractivity contribution < 1.29 is 40.9 Å². The topological polar surface area (TPSA) is 210 Å². The maximum absolute atomic E-state index is 11.7. The van der Waals surface area contributed by atoms with Crippen LogP contribution in [0.3, 0.4) is 0 Å². The molecule has 0 radical (unpaired) electrons. The number of phenolic OH excluding ortho intramolecular Hbond substituents is 8. The van der Waals surface area contributed by atoms with Crippen molar-refractivity contribution >= 4 is 75.1 Å². The van der Waals surface area contributed by atoms with E-state index in [4.69, 9.17) is 15.0 Å². The van der Waals surface area contributed by atoms with Gasteiger partial charge in [0.1, 0.15) is 11.0 Å². The van der Waals surface area contributed by atoms with E-state index in [2.05, 4.69) is 0 Å². The highest BCUT2D eigenvalue weighted by Gasteiger charge is 2.34. The molecule has 0 aliphatic heterocycles. The zero-order chi connectivity index (χ0) is 44.4. The Balaban J connectivity index is 1.22. The summed E-state index contributed by atoms with van der Waals surface area (Å²) in [4.78, 5) is 14.8. The number of para-hydroxylation sites is 2. The van der Waals surface area contributed by atoms with Crippen LogP contribution in [0.1, 0.15) is 0 Å². The number of fused-ring (bicyclic) bond motifs is 9. The van der Waals surface area contributed by atoms with Crippen LogP contribution in [-0.4, -0.2) is 64.9 Å². The van der Waals surface area contributed by atoms with Crippen molar-refractivity contribution in [3.8, 4) is 91.5 Å². The maximum Gasteiger partial charge on any atom is 0.206 e. The van der Waals surface area contributed by atoms with Gasteiger partial charge in [0.05, 0.1) is 33.2 Å². The van der Waals surface area contributed by atoms with Crippen LogP contribution in [0.25, 0.3) is 109 Å². The average molecular weight is 874 g/mol. The van der Waals surface area contributed by atoms with E-state index in [0.717, 1.165) is 58.7 Å². The molecular weight excluding hydrogens is 843 g/mol. The highest BCUT2D eigenvalue weighted by atomic mass is 32.1. The molecule has 0 amide bonds. The van der Waals surface area contributed by atoms with Crippen LogP contribution in [0, 0.1) is 0 Å². The number of hydrogen-bond donors (Lipinski definition) is 8. The molecule has 0 atom stereocenters. The predicted molar refractivity (Wildman–Crippen MR) is 251 cm³/mol. The Hall–Kier alpha value is -9.01. The lowest BCUT2D eigenvalue weighted by molar-refractivity contribution is 0.350. The number of thiophene rings is 1. The number of hydrogen-bond acceptors (Lipinski definition) is 12. The fourth-order valence-electron chi connectivity index (χ4n) is 9.12. The second-order valence-electron chi connectivity index (χ2n) is 15.6. The van der Waals surface area contributed by atoms with E-state index < -0.39 is 56.8 Å². The van der Waals surface area contributed by atoms with Gasteiger partial charge in [-0.25, -0.2) is 15.0 Å². The third-order valence-corrected chi connectivity index (χ3v) is 13.1. The Morgan fingerprint density at radius 2 is 0.815 bits per heavy atom. The molecule has 14 heteroatoms. The lowest BCUT2D eigenvalue weighted by Gasteiger charge is -2.19. The lowest BCUT2D eigenvalue weighted by atomic mass is 10.1. The number of aromatic hydroxyl groups is 8. The van der Waals surface area contributed by atoms with Gasteiger partial charge in [0.15, 0.2) is 40.5 Å². The minimum atomic E-state index is -1.11. The molecule has 0 spiro atoms. The van der Waals surface area contributed by atoms with Crippen LogP contribution >= 0.6 is 11.3 Å². The van der Waals surface area contributed by atoms with Gasteiger partial charge < -0.3 is 45.4 Å². The van der Waals surface area contributed by atoms with Crippen LogP contribution in [0.15, 0.2) is 140 Å². The molecular formula is C51H31N5O8S. The minimum absolute atomic E-state index is 0.241. The quantitative estimate of drug-likeness (QED) is 0.0602. The third kappa shape index (κ3) is 5.28. The van der Waals surface area contributed by atoms with Gasteiger partial charge in [-0.1, -0.05) is 109 Å². The largest absolute Gasteiger partial charge is 0.504 e. The third-order valence-electron chi connectivity index (χ3n) is 12.0. The Bertz CT molecular complexity index is 3810. The molecule has 0 fully saturated rings. The van der Waals surface area contributed by atoms with E-state index in [1.165, 1.54) is 15.9 Å². The van der Waals surface area contributed by atoms with Crippen molar-refractivity contribution in [3.05, 3.63) is 140 Å². The van der Waals surface area contributed by atoms with Crippen molar-refractivity contribution in [3.63, 3.8) is 0 Å². The number of benzene rings is 8. The van der Waals surface area contributed by atoms with Gasteiger partial charge in [-0.15, -0.1) is 11.3 Å². The van der Waals surface area contributed by atoms with Gasteiger partial charge in [0.25, 0.3) is 0 Å².